The number of carbonyl (C=O) groups is 1. The number of rotatable bonds is 8. The summed E-state index contributed by atoms with van der Waals surface area (Å²) in [4.78, 5) is 24.7. The summed E-state index contributed by atoms with van der Waals surface area (Å²) >= 11 is 1.43. The molecule has 0 aliphatic rings. The second-order valence-electron chi connectivity index (χ2n) is 3.40. The Morgan fingerprint density at radius 1 is 1.53 bits per heavy atom. The molecule has 0 bridgehead atoms. The monoisotopic (exact) mass is 284 g/mol. The molecule has 19 heavy (non-hydrogen) atoms. The molecule has 0 aliphatic carbocycles. The molecule has 104 valence electrons. The van der Waals surface area contributed by atoms with Crippen LogP contribution >= 0.6 is 11.8 Å². The van der Waals surface area contributed by atoms with Crippen LogP contribution in [0.3, 0.4) is 0 Å². The van der Waals surface area contributed by atoms with Gasteiger partial charge < -0.3 is 14.7 Å². The highest BCUT2D eigenvalue weighted by Gasteiger charge is 2.15. The van der Waals surface area contributed by atoms with Crippen molar-refractivity contribution in [2.24, 2.45) is 0 Å². The topological polar surface area (TPSA) is 88.4 Å². The summed E-state index contributed by atoms with van der Waals surface area (Å²) in [6.07, 6.45) is 1.59. The number of aromatic nitrogens is 3. The predicted octanol–water partition coefficient (Wildman–Crippen LogP) is 1.07. The Hall–Kier alpha value is -1.83. The van der Waals surface area contributed by atoms with E-state index in [0.717, 1.165) is 5.75 Å². The van der Waals surface area contributed by atoms with Crippen LogP contribution in [-0.2, 0) is 4.79 Å². The van der Waals surface area contributed by atoms with Crippen LogP contribution in [0.2, 0.25) is 0 Å². The van der Waals surface area contributed by atoms with Crippen molar-refractivity contribution < 1.29 is 14.6 Å². The Labute approximate surface area is 115 Å². The minimum Gasteiger partial charge on any atom is -0.480 e. The first kappa shape index (κ1) is 15.2. The number of carboxylic acid groups (broad SMARTS) is 1. The molecule has 1 rings (SSSR count). The highest BCUT2D eigenvalue weighted by Crippen LogP contribution is 2.19. The molecular formula is C11H16N4O3S. The van der Waals surface area contributed by atoms with E-state index in [9.17, 15) is 4.79 Å². The maximum absolute atomic E-state index is 10.8. The molecule has 0 aromatic carbocycles. The number of methoxy groups -OCH3 is 1. The zero-order valence-corrected chi connectivity index (χ0v) is 11.7. The standard InChI is InChI=1S/C11H16N4O3S/c1-4-6-15(7-8(16)17)9-12-10(18-3)14-11(13-9)19-5-2/h4H,1,5-7H2,2-3H3,(H,16,17). The van der Waals surface area contributed by atoms with E-state index in [2.05, 4.69) is 21.5 Å². The maximum atomic E-state index is 10.8. The smallest absolute Gasteiger partial charge is 0.323 e. The molecule has 1 aromatic rings. The Bertz CT molecular complexity index is 456. The first-order valence-electron chi connectivity index (χ1n) is 5.61. The average molecular weight is 284 g/mol. The maximum Gasteiger partial charge on any atom is 0.323 e. The number of carboxylic acids is 1. The van der Waals surface area contributed by atoms with Gasteiger partial charge in [0.1, 0.15) is 6.54 Å². The van der Waals surface area contributed by atoms with E-state index < -0.39 is 5.97 Å². The summed E-state index contributed by atoms with van der Waals surface area (Å²) < 4.78 is 5.00. The molecule has 0 spiro atoms. The lowest BCUT2D eigenvalue weighted by Gasteiger charge is -2.19. The summed E-state index contributed by atoms with van der Waals surface area (Å²) in [6, 6.07) is 0.167. The molecule has 0 aliphatic heterocycles. The van der Waals surface area contributed by atoms with Gasteiger partial charge in [0, 0.05) is 6.54 Å². The van der Waals surface area contributed by atoms with Crippen LogP contribution in [0.4, 0.5) is 5.95 Å². The summed E-state index contributed by atoms with van der Waals surface area (Å²) in [5, 5.41) is 9.39. The molecule has 0 atom stereocenters. The number of nitrogens with zero attached hydrogens (tertiary/aromatic N) is 4. The lowest BCUT2D eigenvalue weighted by molar-refractivity contribution is -0.135. The molecule has 7 nitrogen and oxygen atoms in total. The molecular weight excluding hydrogens is 268 g/mol. The fraction of sp³-hybridized carbons (Fsp3) is 0.455. The summed E-state index contributed by atoms with van der Waals surface area (Å²) in [7, 11) is 1.45. The molecule has 0 saturated carbocycles. The van der Waals surface area contributed by atoms with Gasteiger partial charge in [-0.3, -0.25) is 4.79 Å². The Balaban J connectivity index is 3.08. The van der Waals surface area contributed by atoms with Crippen LogP contribution in [0.15, 0.2) is 17.8 Å². The second kappa shape index (κ2) is 7.57. The Kier molecular flexibility index (Phi) is 6.07. The van der Waals surface area contributed by atoms with Crippen LogP contribution in [-0.4, -0.2) is 52.0 Å². The first-order valence-corrected chi connectivity index (χ1v) is 6.59. The zero-order chi connectivity index (χ0) is 14.3. The molecule has 0 radical (unpaired) electrons. The number of thioether (sulfide) groups is 1. The highest BCUT2D eigenvalue weighted by molar-refractivity contribution is 7.99. The van der Waals surface area contributed by atoms with Gasteiger partial charge in [0.2, 0.25) is 5.95 Å². The zero-order valence-electron chi connectivity index (χ0n) is 10.9. The van der Waals surface area contributed by atoms with E-state index in [1.165, 1.54) is 23.8 Å². The van der Waals surface area contributed by atoms with Gasteiger partial charge in [0.25, 0.3) is 0 Å². The van der Waals surface area contributed by atoms with E-state index in [4.69, 9.17) is 9.84 Å². The molecule has 0 fully saturated rings. The lowest BCUT2D eigenvalue weighted by Crippen LogP contribution is -2.31. The minimum absolute atomic E-state index is 0.167. The van der Waals surface area contributed by atoms with E-state index in [-0.39, 0.29) is 18.5 Å². The molecule has 0 saturated heterocycles. The van der Waals surface area contributed by atoms with Gasteiger partial charge >= 0.3 is 12.0 Å². The van der Waals surface area contributed by atoms with Crippen molar-refractivity contribution in [3.63, 3.8) is 0 Å². The quantitative estimate of drug-likeness (QED) is 0.560. The van der Waals surface area contributed by atoms with Crippen molar-refractivity contribution >= 4 is 23.7 Å². The Morgan fingerprint density at radius 2 is 2.26 bits per heavy atom. The normalized spacial score (nSPS) is 10.0. The highest BCUT2D eigenvalue weighted by atomic mass is 32.2. The third-order valence-corrected chi connectivity index (χ3v) is 2.73. The molecule has 8 heteroatoms. The molecule has 1 aromatic heterocycles. The molecule has 0 unspecified atom stereocenters. The number of hydrogen-bond donors (Lipinski definition) is 1. The SMILES string of the molecule is C=CCN(CC(=O)O)c1nc(OC)nc(SCC)n1. The molecule has 1 N–H and O–H groups in total. The van der Waals surface area contributed by atoms with E-state index in [0.29, 0.717) is 11.7 Å². The van der Waals surface area contributed by atoms with Gasteiger partial charge in [-0.1, -0.05) is 24.8 Å². The fourth-order valence-electron chi connectivity index (χ4n) is 1.29. The third kappa shape index (κ3) is 4.74. The lowest BCUT2D eigenvalue weighted by atomic mass is 10.5. The largest absolute Gasteiger partial charge is 0.480 e. The van der Waals surface area contributed by atoms with E-state index in [1.807, 2.05) is 6.92 Å². The number of anilines is 1. The molecule has 0 amide bonds. The summed E-state index contributed by atoms with van der Waals surface area (Å²) in [5.41, 5.74) is 0. The minimum atomic E-state index is -0.967. The molecule has 1 heterocycles. The van der Waals surface area contributed by atoms with E-state index in [1.54, 1.807) is 6.08 Å². The van der Waals surface area contributed by atoms with Crippen LogP contribution in [0.25, 0.3) is 0 Å². The summed E-state index contributed by atoms with van der Waals surface area (Å²) in [5.74, 6) is 0.100. The summed E-state index contributed by atoms with van der Waals surface area (Å²) in [6.45, 7) is 5.68. The van der Waals surface area contributed by atoms with Crippen molar-refractivity contribution in [1.82, 2.24) is 15.0 Å². The van der Waals surface area contributed by atoms with Gasteiger partial charge in [0.15, 0.2) is 5.16 Å². The van der Waals surface area contributed by atoms with Gasteiger partial charge in [-0.2, -0.15) is 15.0 Å². The van der Waals surface area contributed by atoms with Crippen molar-refractivity contribution in [2.45, 2.75) is 12.1 Å². The predicted molar refractivity (Wildman–Crippen MR) is 72.8 cm³/mol. The van der Waals surface area contributed by atoms with Crippen molar-refractivity contribution in [3.8, 4) is 6.01 Å². The van der Waals surface area contributed by atoms with Crippen LogP contribution in [0.5, 0.6) is 6.01 Å². The van der Waals surface area contributed by atoms with Gasteiger partial charge in [-0.05, 0) is 5.75 Å². The van der Waals surface area contributed by atoms with Gasteiger partial charge in [0.05, 0.1) is 7.11 Å². The second-order valence-corrected chi connectivity index (χ2v) is 4.63. The average Bonchev–Trinajstić information content (AvgIpc) is 2.37. The third-order valence-electron chi connectivity index (χ3n) is 2.00. The Morgan fingerprint density at radius 3 is 2.79 bits per heavy atom. The van der Waals surface area contributed by atoms with Crippen LogP contribution in [0, 0.1) is 0 Å². The van der Waals surface area contributed by atoms with Crippen LogP contribution in [0.1, 0.15) is 6.92 Å². The fourth-order valence-corrected chi connectivity index (χ4v) is 1.84. The van der Waals surface area contributed by atoms with Gasteiger partial charge in [-0.25, -0.2) is 0 Å². The van der Waals surface area contributed by atoms with Crippen LogP contribution < -0.4 is 9.64 Å². The van der Waals surface area contributed by atoms with Gasteiger partial charge in [-0.15, -0.1) is 6.58 Å². The van der Waals surface area contributed by atoms with Crippen molar-refractivity contribution in [2.75, 3.05) is 30.9 Å². The number of aliphatic carboxylic acids is 1. The van der Waals surface area contributed by atoms with Crippen molar-refractivity contribution in [3.05, 3.63) is 12.7 Å². The first-order chi connectivity index (χ1) is 9.10. The van der Waals surface area contributed by atoms with Crippen molar-refractivity contribution in [1.29, 1.82) is 0 Å². The number of ether oxygens (including phenoxy) is 1. The number of hydrogen-bond acceptors (Lipinski definition) is 7. The van der Waals surface area contributed by atoms with E-state index >= 15 is 0 Å².